The molecule has 1 amide bonds. The standard InChI is InChI=1S/C14H17ClN4O2S/c1-10(9-22(3)21)14(20)18(2)12-8-19(17-13(12)15)11-5-4-6-16-7-11/h4-8,10H,9H2,1-3H3. The van der Waals surface area contributed by atoms with Gasteiger partial charge in [0, 0.05) is 42.0 Å². The first-order valence-corrected chi connectivity index (χ1v) is 8.74. The van der Waals surface area contributed by atoms with Gasteiger partial charge in [0.25, 0.3) is 0 Å². The number of anilines is 1. The Labute approximate surface area is 136 Å². The summed E-state index contributed by atoms with van der Waals surface area (Å²) in [6.07, 6.45) is 6.57. The molecule has 2 atom stereocenters. The Bertz CT molecular complexity index is 689. The van der Waals surface area contributed by atoms with E-state index in [-0.39, 0.29) is 17.0 Å². The van der Waals surface area contributed by atoms with Crippen molar-refractivity contribution in [3.05, 3.63) is 35.9 Å². The van der Waals surface area contributed by atoms with Gasteiger partial charge in [-0.2, -0.15) is 5.10 Å². The van der Waals surface area contributed by atoms with Gasteiger partial charge in [-0.05, 0) is 12.1 Å². The fourth-order valence-electron chi connectivity index (χ4n) is 2.06. The third kappa shape index (κ3) is 3.72. The maximum absolute atomic E-state index is 12.4. The summed E-state index contributed by atoms with van der Waals surface area (Å²) in [4.78, 5) is 17.8. The van der Waals surface area contributed by atoms with Crippen molar-refractivity contribution in [2.24, 2.45) is 5.92 Å². The van der Waals surface area contributed by atoms with Crippen LogP contribution in [0.15, 0.2) is 30.7 Å². The summed E-state index contributed by atoms with van der Waals surface area (Å²) in [7, 11) is 0.604. The molecule has 22 heavy (non-hydrogen) atoms. The molecule has 6 nitrogen and oxygen atoms in total. The smallest absolute Gasteiger partial charge is 0.230 e. The average molecular weight is 341 g/mol. The number of halogens is 1. The van der Waals surface area contributed by atoms with Crippen LogP contribution in [0.3, 0.4) is 0 Å². The van der Waals surface area contributed by atoms with Gasteiger partial charge in [-0.25, -0.2) is 4.68 Å². The third-order valence-electron chi connectivity index (χ3n) is 3.16. The van der Waals surface area contributed by atoms with Gasteiger partial charge in [-0.15, -0.1) is 0 Å². The number of hydrogen-bond acceptors (Lipinski definition) is 4. The Morgan fingerprint density at radius 1 is 1.55 bits per heavy atom. The van der Waals surface area contributed by atoms with Crippen molar-refractivity contribution in [2.45, 2.75) is 6.92 Å². The van der Waals surface area contributed by atoms with Crippen molar-refractivity contribution in [3.63, 3.8) is 0 Å². The number of hydrogen-bond donors (Lipinski definition) is 0. The molecular formula is C14H17ClN4O2S. The van der Waals surface area contributed by atoms with Crippen molar-refractivity contribution in [3.8, 4) is 5.69 Å². The molecule has 2 unspecified atom stereocenters. The lowest BCUT2D eigenvalue weighted by atomic mass is 10.2. The normalized spacial score (nSPS) is 13.6. The first-order chi connectivity index (χ1) is 10.4. The molecule has 2 heterocycles. The zero-order valence-corrected chi connectivity index (χ0v) is 14.1. The molecule has 0 radical (unpaired) electrons. The Hall–Kier alpha value is -1.73. The maximum atomic E-state index is 12.4. The SMILES string of the molecule is CC(CS(C)=O)C(=O)N(C)c1cn(-c2cccnc2)nc1Cl. The van der Waals surface area contributed by atoms with E-state index in [2.05, 4.69) is 10.1 Å². The van der Waals surface area contributed by atoms with Crippen molar-refractivity contribution in [1.29, 1.82) is 0 Å². The average Bonchev–Trinajstić information content (AvgIpc) is 2.88. The van der Waals surface area contributed by atoms with Crippen LogP contribution in [0.1, 0.15) is 6.92 Å². The Morgan fingerprint density at radius 2 is 2.27 bits per heavy atom. The quantitative estimate of drug-likeness (QED) is 0.833. The summed E-state index contributed by atoms with van der Waals surface area (Å²) in [5, 5.41) is 4.42. The highest BCUT2D eigenvalue weighted by Gasteiger charge is 2.23. The lowest BCUT2D eigenvalue weighted by Gasteiger charge is -2.19. The first-order valence-electron chi connectivity index (χ1n) is 6.63. The van der Waals surface area contributed by atoms with Gasteiger partial charge in [0.2, 0.25) is 5.91 Å². The third-order valence-corrected chi connectivity index (χ3v) is 4.40. The molecule has 0 N–H and O–H groups in total. The van der Waals surface area contributed by atoms with E-state index >= 15 is 0 Å². The topological polar surface area (TPSA) is 68.1 Å². The van der Waals surface area contributed by atoms with Gasteiger partial charge in [-0.1, -0.05) is 18.5 Å². The Morgan fingerprint density at radius 3 is 2.86 bits per heavy atom. The number of aromatic nitrogens is 3. The number of pyridine rings is 1. The molecule has 0 aliphatic heterocycles. The highest BCUT2D eigenvalue weighted by atomic mass is 35.5. The predicted octanol–water partition coefficient (Wildman–Crippen LogP) is 1.90. The van der Waals surface area contributed by atoms with Crippen LogP contribution in [0.5, 0.6) is 0 Å². The zero-order chi connectivity index (χ0) is 16.3. The molecule has 0 fully saturated rings. The van der Waals surface area contributed by atoms with Crippen molar-refractivity contribution >= 4 is 34.0 Å². The van der Waals surface area contributed by atoms with E-state index in [0.29, 0.717) is 11.4 Å². The molecule has 0 saturated carbocycles. The molecule has 2 rings (SSSR count). The molecule has 118 valence electrons. The van der Waals surface area contributed by atoms with E-state index in [9.17, 15) is 9.00 Å². The molecular weight excluding hydrogens is 324 g/mol. The van der Waals surface area contributed by atoms with Gasteiger partial charge in [-0.3, -0.25) is 14.0 Å². The highest BCUT2D eigenvalue weighted by Crippen LogP contribution is 2.26. The maximum Gasteiger partial charge on any atom is 0.230 e. The van der Waals surface area contributed by atoms with Crippen molar-refractivity contribution in [1.82, 2.24) is 14.8 Å². The van der Waals surface area contributed by atoms with Crippen LogP contribution < -0.4 is 4.90 Å². The summed E-state index contributed by atoms with van der Waals surface area (Å²) >= 11 is 6.14. The largest absolute Gasteiger partial charge is 0.311 e. The molecule has 0 spiro atoms. The summed E-state index contributed by atoms with van der Waals surface area (Å²) < 4.78 is 12.8. The van der Waals surface area contributed by atoms with E-state index < -0.39 is 10.8 Å². The summed E-state index contributed by atoms with van der Waals surface area (Å²) in [5.41, 5.74) is 1.25. The monoisotopic (exact) mass is 340 g/mol. The van der Waals surface area contributed by atoms with Gasteiger partial charge < -0.3 is 4.90 Å². The van der Waals surface area contributed by atoms with Gasteiger partial charge in [0.1, 0.15) is 5.69 Å². The molecule has 2 aromatic heterocycles. The minimum Gasteiger partial charge on any atom is -0.311 e. The van der Waals surface area contributed by atoms with Crippen LogP contribution in [-0.2, 0) is 15.6 Å². The van der Waals surface area contributed by atoms with Crippen molar-refractivity contribution < 1.29 is 9.00 Å². The lowest BCUT2D eigenvalue weighted by molar-refractivity contribution is -0.121. The zero-order valence-electron chi connectivity index (χ0n) is 12.6. The van der Waals surface area contributed by atoms with Crippen LogP contribution in [0.2, 0.25) is 5.15 Å². The second kappa shape index (κ2) is 7.02. The van der Waals surface area contributed by atoms with Crippen LogP contribution in [0.25, 0.3) is 5.69 Å². The molecule has 8 heteroatoms. The van der Waals surface area contributed by atoms with Gasteiger partial charge >= 0.3 is 0 Å². The van der Waals surface area contributed by atoms with E-state index in [1.54, 1.807) is 49.6 Å². The minimum absolute atomic E-state index is 0.150. The van der Waals surface area contributed by atoms with E-state index in [1.165, 1.54) is 4.90 Å². The summed E-state index contributed by atoms with van der Waals surface area (Å²) in [6.45, 7) is 1.75. The minimum atomic E-state index is -1.03. The van der Waals surface area contributed by atoms with Crippen LogP contribution in [0.4, 0.5) is 5.69 Å². The fraction of sp³-hybridized carbons (Fsp3) is 0.357. The molecule has 0 bridgehead atoms. The lowest BCUT2D eigenvalue weighted by Crippen LogP contribution is -2.33. The number of carbonyl (C=O) groups excluding carboxylic acids is 1. The molecule has 2 aromatic rings. The first kappa shape index (κ1) is 16.6. The second-order valence-corrected chi connectivity index (χ2v) is 6.84. The summed E-state index contributed by atoms with van der Waals surface area (Å²) in [6, 6.07) is 3.63. The Balaban J connectivity index is 2.24. The highest BCUT2D eigenvalue weighted by molar-refractivity contribution is 7.84. The van der Waals surface area contributed by atoms with E-state index in [4.69, 9.17) is 11.6 Å². The number of amides is 1. The van der Waals surface area contributed by atoms with Crippen molar-refractivity contribution in [2.75, 3.05) is 24.0 Å². The van der Waals surface area contributed by atoms with Crippen LogP contribution in [-0.4, -0.2) is 43.9 Å². The number of carbonyl (C=O) groups is 1. The Kier molecular flexibility index (Phi) is 5.31. The number of nitrogens with zero attached hydrogens (tertiary/aromatic N) is 4. The summed E-state index contributed by atoms with van der Waals surface area (Å²) in [5.74, 6) is -0.186. The molecule has 0 saturated heterocycles. The van der Waals surface area contributed by atoms with Gasteiger partial charge in [0.05, 0.1) is 18.1 Å². The number of rotatable bonds is 5. The molecule has 0 aliphatic rings. The van der Waals surface area contributed by atoms with Crippen LogP contribution in [0, 0.1) is 5.92 Å². The molecule has 0 aliphatic carbocycles. The van der Waals surface area contributed by atoms with E-state index in [1.807, 2.05) is 6.07 Å². The van der Waals surface area contributed by atoms with E-state index in [0.717, 1.165) is 5.69 Å². The fourth-order valence-corrected chi connectivity index (χ4v) is 3.17. The van der Waals surface area contributed by atoms with Gasteiger partial charge in [0.15, 0.2) is 5.15 Å². The van der Waals surface area contributed by atoms with Crippen LogP contribution >= 0.6 is 11.6 Å². The predicted molar refractivity (Wildman–Crippen MR) is 87.9 cm³/mol. The second-order valence-electron chi connectivity index (χ2n) is 5.00. The molecule has 0 aromatic carbocycles.